The van der Waals surface area contributed by atoms with Crippen LogP contribution in [0.5, 0.6) is 11.5 Å². The van der Waals surface area contributed by atoms with E-state index in [9.17, 15) is 0 Å². The van der Waals surface area contributed by atoms with Crippen molar-refractivity contribution in [1.82, 2.24) is 5.32 Å². The molecule has 1 N–H and O–H groups in total. The molecule has 0 spiro atoms. The molecule has 0 bridgehead atoms. The molecule has 0 atom stereocenters. The first-order valence-electron chi connectivity index (χ1n) is 6.70. The van der Waals surface area contributed by atoms with Crippen LogP contribution in [0.25, 0.3) is 0 Å². The van der Waals surface area contributed by atoms with Crippen LogP contribution in [0.2, 0.25) is 0 Å². The second-order valence-electron chi connectivity index (χ2n) is 4.83. The van der Waals surface area contributed by atoms with E-state index in [1.807, 2.05) is 24.3 Å². The van der Waals surface area contributed by atoms with E-state index < -0.39 is 0 Å². The van der Waals surface area contributed by atoms with Gasteiger partial charge in [0.25, 0.3) is 0 Å². The van der Waals surface area contributed by atoms with Gasteiger partial charge in [-0.3, -0.25) is 0 Å². The van der Waals surface area contributed by atoms with E-state index in [2.05, 4.69) is 19.2 Å². The van der Waals surface area contributed by atoms with Crippen LogP contribution in [0.3, 0.4) is 0 Å². The van der Waals surface area contributed by atoms with Crippen molar-refractivity contribution in [1.29, 1.82) is 0 Å². The van der Waals surface area contributed by atoms with E-state index >= 15 is 0 Å². The van der Waals surface area contributed by atoms with Crippen LogP contribution < -0.4 is 14.8 Å². The van der Waals surface area contributed by atoms with Crippen molar-refractivity contribution in [3.05, 3.63) is 24.3 Å². The third-order valence-electron chi connectivity index (χ3n) is 2.61. The van der Waals surface area contributed by atoms with Crippen molar-refractivity contribution in [2.75, 3.05) is 26.8 Å². The van der Waals surface area contributed by atoms with E-state index in [0.29, 0.717) is 0 Å². The lowest BCUT2D eigenvalue weighted by Gasteiger charge is -2.09. The fraction of sp³-hybridized carbons (Fsp3) is 0.600. The summed E-state index contributed by atoms with van der Waals surface area (Å²) in [6, 6.07) is 7.73. The highest BCUT2D eigenvalue weighted by molar-refractivity contribution is 5.32. The Hall–Kier alpha value is -1.22. The Labute approximate surface area is 110 Å². The van der Waals surface area contributed by atoms with Gasteiger partial charge in [0, 0.05) is 6.07 Å². The second kappa shape index (κ2) is 8.81. The molecule has 18 heavy (non-hydrogen) atoms. The van der Waals surface area contributed by atoms with Gasteiger partial charge in [0.1, 0.15) is 11.5 Å². The summed E-state index contributed by atoms with van der Waals surface area (Å²) in [5.41, 5.74) is 0. The number of hydrogen-bond acceptors (Lipinski definition) is 3. The highest BCUT2D eigenvalue weighted by Crippen LogP contribution is 2.18. The lowest BCUT2D eigenvalue weighted by molar-refractivity contribution is 0.303. The quantitative estimate of drug-likeness (QED) is 0.684. The predicted molar refractivity (Wildman–Crippen MR) is 75.4 cm³/mol. The fourth-order valence-electron chi connectivity index (χ4n) is 1.62. The van der Waals surface area contributed by atoms with Crippen molar-refractivity contribution in [2.45, 2.75) is 26.7 Å². The molecule has 0 aliphatic heterocycles. The van der Waals surface area contributed by atoms with Gasteiger partial charge in [-0.1, -0.05) is 19.9 Å². The van der Waals surface area contributed by atoms with E-state index in [0.717, 1.165) is 50.0 Å². The number of methoxy groups -OCH3 is 1. The van der Waals surface area contributed by atoms with Gasteiger partial charge in [-0.25, -0.2) is 0 Å². The minimum Gasteiger partial charge on any atom is -0.497 e. The molecule has 1 aromatic rings. The third-order valence-corrected chi connectivity index (χ3v) is 2.61. The number of rotatable bonds is 9. The van der Waals surface area contributed by atoms with Gasteiger partial charge in [0.15, 0.2) is 0 Å². The number of benzene rings is 1. The standard InChI is InChI=1S/C15H25NO2/c1-13(2)12-16-9-4-5-10-18-15-8-6-7-14(11-15)17-3/h6-8,11,13,16H,4-5,9-10,12H2,1-3H3. The summed E-state index contributed by atoms with van der Waals surface area (Å²) in [5, 5.41) is 3.43. The zero-order valence-electron chi connectivity index (χ0n) is 11.7. The largest absolute Gasteiger partial charge is 0.497 e. The van der Waals surface area contributed by atoms with Crippen LogP contribution in [0.1, 0.15) is 26.7 Å². The Morgan fingerprint density at radius 1 is 1.17 bits per heavy atom. The number of nitrogens with one attached hydrogen (secondary N) is 1. The SMILES string of the molecule is COc1cccc(OCCCCNCC(C)C)c1. The summed E-state index contributed by atoms with van der Waals surface area (Å²) >= 11 is 0. The van der Waals surface area contributed by atoms with E-state index in [1.54, 1.807) is 7.11 Å². The van der Waals surface area contributed by atoms with Crippen LogP contribution in [0.4, 0.5) is 0 Å². The molecule has 0 heterocycles. The Kier molecular flexibility index (Phi) is 7.26. The maximum absolute atomic E-state index is 5.67. The predicted octanol–water partition coefficient (Wildman–Crippen LogP) is 3.10. The minimum absolute atomic E-state index is 0.720. The number of hydrogen-bond donors (Lipinski definition) is 1. The molecule has 0 aliphatic carbocycles. The highest BCUT2D eigenvalue weighted by atomic mass is 16.5. The van der Waals surface area contributed by atoms with Gasteiger partial charge in [-0.2, -0.15) is 0 Å². The maximum Gasteiger partial charge on any atom is 0.122 e. The molecule has 3 nitrogen and oxygen atoms in total. The second-order valence-corrected chi connectivity index (χ2v) is 4.83. The molecule has 1 aromatic carbocycles. The zero-order valence-corrected chi connectivity index (χ0v) is 11.7. The van der Waals surface area contributed by atoms with Crippen LogP contribution in [0.15, 0.2) is 24.3 Å². The number of unbranched alkanes of at least 4 members (excludes halogenated alkanes) is 1. The Balaban J connectivity index is 2.06. The Morgan fingerprint density at radius 3 is 2.67 bits per heavy atom. The molecule has 1 rings (SSSR count). The summed E-state index contributed by atoms with van der Waals surface area (Å²) in [6.07, 6.45) is 2.22. The molecule has 102 valence electrons. The average Bonchev–Trinajstić information content (AvgIpc) is 2.37. The van der Waals surface area contributed by atoms with Gasteiger partial charge >= 0.3 is 0 Å². The van der Waals surface area contributed by atoms with Crippen molar-refractivity contribution >= 4 is 0 Å². The van der Waals surface area contributed by atoms with Crippen LogP contribution in [-0.4, -0.2) is 26.8 Å². The van der Waals surface area contributed by atoms with Crippen LogP contribution >= 0.6 is 0 Å². The average molecular weight is 251 g/mol. The smallest absolute Gasteiger partial charge is 0.122 e. The first-order valence-corrected chi connectivity index (χ1v) is 6.70. The normalized spacial score (nSPS) is 10.7. The van der Waals surface area contributed by atoms with Crippen LogP contribution in [0, 0.1) is 5.92 Å². The fourth-order valence-corrected chi connectivity index (χ4v) is 1.62. The van der Waals surface area contributed by atoms with Gasteiger partial charge in [-0.15, -0.1) is 0 Å². The summed E-state index contributed by atoms with van der Waals surface area (Å²) < 4.78 is 10.8. The molecule has 0 aromatic heterocycles. The van der Waals surface area contributed by atoms with E-state index in [1.165, 1.54) is 0 Å². The molecule has 0 unspecified atom stereocenters. The molecule has 0 radical (unpaired) electrons. The summed E-state index contributed by atoms with van der Waals surface area (Å²) in [6.45, 7) is 7.37. The third kappa shape index (κ3) is 6.50. The lowest BCUT2D eigenvalue weighted by Crippen LogP contribution is -2.21. The Morgan fingerprint density at radius 2 is 1.94 bits per heavy atom. The van der Waals surface area contributed by atoms with E-state index in [-0.39, 0.29) is 0 Å². The van der Waals surface area contributed by atoms with Crippen molar-refractivity contribution in [2.24, 2.45) is 5.92 Å². The molecular formula is C15H25NO2. The van der Waals surface area contributed by atoms with Crippen molar-refractivity contribution < 1.29 is 9.47 Å². The summed E-state index contributed by atoms with van der Waals surface area (Å²) in [5.74, 6) is 2.44. The summed E-state index contributed by atoms with van der Waals surface area (Å²) in [7, 11) is 1.67. The maximum atomic E-state index is 5.67. The molecule has 0 fully saturated rings. The first-order chi connectivity index (χ1) is 8.72. The molecule has 3 heteroatoms. The number of ether oxygens (including phenoxy) is 2. The highest BCUT2D eigenvalue weighted by Gasteiger charge is 1.97. The Bertz CT molecular complexity index is 326. The zero-order chi connectivity index (χ0) is 13.2. The topological polar surface area (TPSA) is 30.5 Å². The van der Waals surface area contributed by atoms with Gasteiger partial charge in [0.2, 0.25) is 0 Å². The van der Waals surface area contributed by atoms with Crippen LogP contribution in [-0.2, 0) is 0 Å². The lowest BCUT2D eigenvalue weighted by atomic mass is 10.2. The van der Waals surface area contributed by atoms with Gasteiger partial charge in [0.05, 0.1) is 13.7 Å². The molecule has 0 amide bonds. The molecular weight excluding hydrogens is 226 g/mol. The van der Waals surface area contributed by atoms with Gasteiger partial charge in [-0.05, 0) is 44.0 Å². The minimum atomic E-state index is 0.720. The van der Waals surface area contributed by atoms with E-state index in [4.69, 9.17) is 9.47 Å². The van der Waals surface area contributed by atoms with Crippen molar-refractivity contribution in [3.63, 3.8) is 0 Å². The summed E-state index contributed by atoms with van der Waals surface area (Å²) in [4.78, 5) is 0. The first kappa shape index (κ1) is 14.8. The van der Waals surface area contributed by atoms with Crippen molar-refractivity contribution in [3.8, 4) is 11.5 Å². The monoisotopic (exact) mass is 251 g/mol. The molecule has 0 aliphatic rings. The van der Waals surface area contributed by atoms with Gasteiger partial charge < -0.3 is 14.8 Å². The molecule has 0 saturated carbocycles. The molecule has 0 saturated heterocycles.